The van der Waals surface area contributed by atoms with Crippen LogP contribution < -0.4 is 10.2 Å². The Morgan fingerprint density at radius 2 is 2.00 bits per heavy atom. The van der Waals surface area contributed by atoms with E-state index >= 15 is 0 Å². The molecule has 1 unspecified atom stereocenters. The lowest BCUT2D eigenvalue weighted by Crippen LogP contribution is -3.06. The number of aryl methyl sites for hydroxylation is 1. The van der Waals surface area contributed by atoms with Crippen LogP contribution in [-0.4, -0.2) is 57.0 Å². The number of quaternary nitrogens is 1. The molecule has 0 bridgehead atoms. The van der Waals surface area contributed by atoms with E-state index in [1.54, 1.807) is 0 Å². The molecule has 1 aliphatic rings. The molecule has 1 heterocycles. The first-order chi connectivity index (χ1) is 11.0. The first kappa shape index (κ1) is 17.5. The fraction of sp³-hybridized carbons (Fsp3) is 0.556. The number of hydrogen-bond acceptors (Lipinski definition) is 2. The van der Waals surface area contributed by atoms with E-state index in [2.05, 4.69) is 50.6 Å². The molecule has 0 saturated carbocycles. The Balaban J connectivity index is 1.78. The van der Waals surface area contributed by atoms with Crippen molar-refractivity contribution in [2.75, 3.05) is 40.3 Å². The number of nitrogens with zero attached hydrogens (tertiary/aromatic N) is 1. The standard InChI is InChI=1S/C18H27N3O2/c1-14-4-6-15(7-5-14)8-10-21-13-16(12-17(21)22)18(23)19-9-11-20(2)3/h4-7,16H,8-13H2,1-3H3,(H,19,23)/p+1. The van der Waals surface area contributed by atoms with Gasteiger partial charge in [-0.1, -0.05) is 29.8 Å². The lowest BCUT2D eigenvalue weighted by Gasteiger charge is -2.17. The number of amides is 2. The van der Waals surface area contributed by atoms with E-state index in [0.29, 0.717) is 26.1 Å². The average Bonchev–Trinajstić information content (AvgIpc) is 2.87. The number of likely N-dealkylation sites (N-methyl/N-ethyl adjacent to an activating group) is 1. The van der Waals surface area contributed by atoms with Crippen molar-refractivity contribution in [2.24, 2.45) is 5.92 Å². The summed E-state index contributed by atoms with van der Waals surface area (Å²) in [5, 5.41) is 2.94. The summed E-state index contributed by atoms with van der Waals surface area (Å²) in [6.07, 6.45) is 1.18. The highest BCUT2D eigenvalue weighted by atomic mass is 16.2. The Labute approximate surface area is 138 Å². The van der Waals surface area contributed by atoms with Crippen molar-refractivity contribution in [1.82, 2.24) is 10.2 Å². The molecule has 0 radical (unpaired) electrons. The maximum Gasteiger partial charge on any atom is 0.225 e. The third-order valence-electron chi connectivity index (χ3n) is 4.30. The zero-order chi connectivity index (χ0) is 16.8. The Bertz CT molecular complexity index is 540. The maximum absolute atomic E-state index is 12.1. The van der Waals surface area contributed by atoms with Crippen molar-refractivity contribution < 1.29 is 14.5 Å². The Morgan fingerprint density at radius 1 is 1.30 bits per heavy atom. The third kappa shape index (κ3) is 5.36. The largest absolute Gasteiger partial charge is 0.350 e. The zero-order valence-electron chi connectivity index (χ0n) is 14.4. The van der Waals surface area contributed by atoms with E-state index in [9.17, 15) is 9.59 Å². The van der Waals surface area contributed by atoms with Gasteiger partial charge in [-0.05, 0) is 18.9 Å². The molecule has 5 heteroatoms. The topological polar surface area (TPSA) is 53.9 Å². The van der Waals surface area contributed by atoms with Crippen LogP contribution in [0.1, 0.15) is 17.5 Å². The summed E-state index contributed by atoms with van der Waals surface area (Å²) in [6.45, 7) is 4.85. The molecule has 1 atom stereocenters. The molecule has 2 amide bonds. The molecule has 0 spiro atoms. The zero-order valence-corrected chi connectivity index (χ0v) is 14.4. The van der Waals surface area contributed by atoms with Crippen LogP contribution in [0.15, 0.2) is 24.3 Å². The van der Waals surface area contributed by atoms with E-state index in [4.69, 9.17) is 0 Å². The van der Waals surface area contributed by atoms with Gasteiger partial charge in [-0.15, -0.1) is 0 Å². The van der Waals surface area contributed by atoms with Crippen molar-refractivity contribution >= 4 is 11.8 Å². The molecule has 5 nitrogen and oxygen atoms in total. The maximum atomic E-state index is 12.1. The summed E-state index contributed by atoms with van der Waals surface area (Å²) in [4.78, 5) is 27.3. The Kier molecular flexibility index (Phi) is 6.16. The molecule has 1 saturated heterocycles. The predicted molar refractivity (Wildman–Crippen MR) is 90.3 cm³/mol. The van der Waals surface area contributed by atoms with Crippen LogP contribution in [0.25, 0.3) is 0 Å². The van der Waals surface area contributed by atoms with Crippen LogP contribution in [0.2, 0.25) is 0 Å². The minimum absolute atomic E-state index is 0.0115. The predicted octanol–water partition coefficient (Wildman–Crippen LogP) is -0.353. The normalized spacial score (nSPS) is 17.8. The molecule has 1 aromatic carbocycles. The van der Waals surface area contributed by atoms with E-state index in [1.165, 1.54) is 16.0 Å². The van der Waals surface area contributed by atoms with Crippen LogP contribution in [0.3, 0.4) is 0 Å². The highest BCUT2D eigenvalue weighted by Crippen LogP contribution is 2.18. The van der Waals surface area contributed by atoms with E-state index in [-0.39, 0.29) is 17.7 Å². The van der Waals surface area contributed by atoms with Gasteiger partial charge in [-0.25, -0.2) is 0 Å². The number of hydrogen-bond donors (Lipinski definition) is 2. The van der Waals surface area contributed by atoms with E-state index in [1.807, 2.05) is 4.90 Å². The van der Waals surface area contributed by atoms with Gasteiger partial charge >= 0.3 is 0 Å². The Morgan fingerprint density at radius 3 is 2.65 bits per heavy atom. The number of carbonyl (C=O) groups is 2. The van der Waals surface area contributed by atoms with Gasteiger partial charge in [0.1, 0.15) is 0 Å². The summed E-state index contributed by atoms with van der Waals surface area (Å²) in [5.74, 6) is -0.0920. The second kappa shape index (κ2) is 8.11. The van der Waals surface area contributed by atoms with Gasteiger partial charge in [-0.2, -0.15) is 0 Å². The summed E-state index contributed by atoms with van der Waals surface area (Å²) >= 11 is 0. The van der Waals surface area contributed by atoms with Crippen molar-refractivity contribution in [2.45, 2.75) is 19.8 Å². The number of nitrogens with one attached hydrogen (secondary N) is 2. The van der Waals surface area contributed by atoms with Crippen molar-refractivity contribution in [1.29, 1.82) is 0 Å². The smallest absolute Gasteiger partial charge is 0.225 e. The van der Waals surface area contributed by atoms with E-state index < -0.39 is 0 Å². The number of likely N-dealkylation sites (tertiary alicyclic amines) is 1. The second-order valence-electron chi connectivity index (χ2n) is 6.72. The summed E-state index contributed by atoms with van der Waals surface area (Å²) < 4.78 is 0. The molecular weight excluding hydrogens is 290 g/mol. The summed E-state index contributed by atoms with van der Waals surface area (Å²) in [7, 11) is 4.11. The lowest BCUT2D eigenvalue weighted by molar-refractivity contribution is -0.856. The van der Waals surface area contributed by atoms with Gasteiger partial charge < -0.3 is 15.1 Å². The minimum Gasteiger partial charge on any atom is -0.350 e. The molecule has 126 valence electrons. The van der Waals surface area contributed by atoms with Gasteiger partial charge in [0.2, 0.25) is 11.8 Å². The minimum atomic E-state index is -0.197. The molecule has 1 fully saturated rings. The molecule has 0 aromatic heterocycles. The monoisotopic (exact) mass is 318 g/mol. The highest BCUT2D eigenvalue weighted by molar-refractivity contribution is 5.89. The molecule has 2 N–H and O–H groups in total. The number of benzene rings is 1. The van der Waals surface area contributed by atoms with Crippen LogP contribution in [0, 0.1) is 12.8 Å². The fourth-order valence-electron chi connectivity index (χ4n) is 2.76. The van der Waals surface area contributed by atoms with Crippen LogP contribution in [0.4, 0.5) is 0 Å². The molecule has 23 heavy (non-hydrogen) atoms. The summed E-state index contributed by atoms with van der Waals surface area (Å²) in [5.41, 5.74) is 2.47. The van der Waals surface area contributed by atoms with Gasteiger partial charge in [0.15, 0.2) is 0 Å². The molecular formula is C18H28N3O2+. The van der Waals surface area contributed by atoms with Gasteiger partial charge in [0.25, 0.3) is 0 Å². The van der Waals surface area contributed by atoms with E-state index in [0.717, 1.165) is 13.0 Å². The molecule has 0 aliphatic carbocycles. The SMILES string of the molecule is Cc1ccc(CCN2CC(C(=O)NCC[NH+](C)C)CC2=O)cc1. The first-order valence-corrected chi connectivity index (χ1v) is 8.36. The van der Waals surface area contributed by atoms with Gasteiger partial charge in [0.05, 0.1) is 33.1 Å². The molecule has 2 rings (SSSR count). The van der Waals surface area contributed by atoms with Crippen molar-refractivity contribution in [3.8, 4) is 0 Å². The fourth-order valence-corrected chi connectivity index (χ4v) is 2.76. The third-order valence-corrected chi connectivity index (χ3v) is 4.30. The molecule has 1 aromatic rings. The quantitative estimate of drug-likeness (QED) is 0.722. The van der Waals surface area contributed by atoms with Gasteiger partial charge in [0, 0.05) is 19.5 Å². The average molecular weight is 318 g/mol. The summed E-state index contributed by atoms with van der Waals surface area (Å²) in [6, 6.07) is 8.38. The second-order valence-corrected chi connectivity index (χ2v) is 6.72. The number of carbonyl (C=O) groups excluding carboxylic acids is 2. The number of rotatable bonds is 7. The van der Waals surface area contributed by atoms with Crippen molar-refractivity contribution in [3.05, 3.63) is 35.4 Å². The Hall–Kier alpha value is -1.88. The first-order valence-electron chi connectivity index (χ1n) is 8.36. The molecule has 1 aliphatic heterocycles. The van der Waals surface area contributed by atoms with Crippen LogP contribution in [-0.2, 0) is 16.0 Å². The van der Waals surface area contributed by atoms with Crippen LogP contribution >= 0.6 is 0 Å². The van der Waals surface area contributed by atoms with Crippen LogP contribution in [0.5, 0.6) is 0 Å². The lowest BCUT2D eigenvalue weighted by atomic mass is 10.1. The van der Waals surface area contributed by atoms with Gasteiger partial charge in [-0.3, -0.25) is 9.59 Å². The highest BCUT2D eigenvalue weighted by Gasteiger charge is 2.33. The van der Waals surface area contributed by atoms with Crippen molar-refractivity contribution in [3.63, 3.8) is 0 Å².